The first-order chi connectivity index (χ1) is 11.1. The SMILES string of the molecule is Fc1ccc2ncn3nc(Cc4c(Cl)cccc4Cl)nc3c2c1. The summed E-state index contributed by atoms with van der Waals surface area (Å²) in [4.78, 5) is 8.73. The molecule has 0 aliphatic carbocycles. The van der Waals surface area contributed by atoms with Crippen LogP contribution in [0.15, 0.2) is 42.7 Å². The van der Waals surface area contributed by atoms with E-state index >= 15 is 0 Å². The fourth-order valence-electron chi connectivity index (χ4n) is 2.48. The largest absolute Gasteiger partial charge is 0.236 e. The van der Waals surface area contributed by atoms with Crippen molar-refractivity contribution < 1.29 is 4.39 Å². The van der Waals surface area contributed by atoms with Crippen LogP contribution in [-0.2, 0) is 6.42 Å². The van der Waals surface area contributed by atoms with Gasteiger partial charge < -0.3 is 0 Å². The van der Waals surface area contributed by atoms with Crippen molar-refractivity contribution in [1.29, 1.82) is 0 Å². The zero-order valence-corrected chi connectivity index (χ0v) is 13.2. The van der Waals surface area contributed by atoms with E-state index in [-0.39, 0.29) is 5.82 Å². The second-order valence-electron chi connectivity index (χ2n) is 5.08. The average molecular weight is 347 g/mol. The number of hydrogen-bond acceptors (Lipinski definition) is 3. The van der Waals surface area contributed by atoms with Crippen LogP contribution in [-0.4, -0.2) is 19.6 Å². The molecule has 0 amide bonds. The van der Waals surface area contributed by atoms with Gasteiger partial charge in [-0.05, 0) is 35.9 Å². The fraction of sp³-hybridized carbons (Fsp3) is 0.0625. The quantitative estimate of drug-likeness (QED) is 0.543. The topological polar surface area (TPSA) is 43.1 Å². The maximum Gasteiger partial charge on any atom is 0.166 e. The molecular formula is C16H9Cl2FN4. The monoisotopic (exact) mass is 346 g/mol. The Labute approximate surface area is 140 Å². The van der Waals surface area contributed by atoms with E-state index < -0.39 is 0 Å². The van der Waals surface area contributed by atoms with Gasteiger partial charge in [0.25, 0.3) is 0 Å². The predicted molar refractivity (Wildman–Crippen MR) is 87.5 cm³/mol. The molecule has 4 rings (SSSR count). The molecule has 4 aromatic rings. The van der Waals surface area contributed by atoms with Gasteiger partial charge in [0, 0.05) is 21.9 Å². The summed E-state index contributed by atoms with van der Waals surface area (Å²) < 4.78 is 15.0. The molecular weight excluding hydrogens is 338 g/mol. The molecule has 2 aromatic carbocycles. The maximum atomic E-state index is 13.5. The van der Waals surface area contributed by atoms with Crippen LogP contribution in [0.1, 0.15) is 11.4 Å². The van der Waals surface area contributed by atoms with Crippen LogP contribution in [0.4, 0.5) is 4.39 Å². The summed E-state index contributed by atoms with van der Waals surface area (Å²) in [5, 5.41) is 6.10. The van der Waals surface area contributed by atoms with Crippen molar-refractivity contribution in [2.45, 2.75) is 6.42 Å². The third kappa shape index (κ3) is 2.52. The van der Waals surface area contributed by atoms with Gasteiger partial charge in [-0.1, -0.05) is 29.3 Å². The fourth-order valence-corrected chi connectivity index (χ4v) is 3.01. The minimum atomic E-state index is -0.342. The van der Waals surface area contributed by atoms with Crippen molar-refractivity contribution in [3.05, 3.63) is 70.0 Å². The smallest absolute Gasteiger partial charge is 0.166 e. The summed E-state index contributed by atoms with van der Waals surface area (Å²) in [6.45, 7) is 0. The number of hydrogen-bond donors (Lipinski definition) is 0. The zero-order chi connectivity index (χ0) is 16.0. The minimum absolute atomic E-state index is 0.342. The highest BCUT2D eigenvalue weighted by molar-refractivity contribution is 6.36. The second kappa shape index (κ2) is 5.44. The Morgan fingerprint density at radius 1 is 1.09 bits per heavy atom. The van der Waals surface area contributed by atoms with Gasteiger partial charge in [-0.2, -0.15) is 0 Å². The molecule has 7 heteroatoms. The predicted octanol–water partition coefficient (Wildman–Crippen LogP) is 4.31. The summed E-state index contributed by atoms with van der Waals surface area (Å²) in [6, 6.07) is 9.70. The van der Waals surface area contributed by atoms with Gasteiger partial charge in [-0.25, -0.2) is 18.9 Å². The van der Waals surface area contributed by atoms with Crippen molar-refractivity contribution >= 4 is 39.8 Å². The highest BCUT2D eigenvalue weighted by atomic mass is 35.5. The number of nitrogens with zero attached hydrogens (tertiary/aromatic N) is 4. The number of fused-ring (bicyclic) bond motifs is 3. The van der Waals surface area contributed by atoms with Gasteiger partial charge in [0.1, 0.15) is 12.1 Å². The van der Waals surface area contributed by atoms with E-state index in [1.807, 2.05) is 0 Å². The third-order valence-electron chi connectivity index (χ3n) is 3.58. The highest BCUT2D eigenvalue weighted by Gasteiger charge is 2.13. The van der Waals surface area contributed by atoms with Crippen LogP contribution in [0.2, 0.25) is 10.0 Å². The molecule has 0 atom stereocenters. The Morgan fingerprint density at radius 2 is 1.87 bits per heavy atom. The average Bonchev–Trinajstić information content (AvgIpc) is 2.94. The highest BCUT2D eigenvalue weighted by Crippen LogP contribution is 2.26. The number of benzene rings is 2. The molecule has 0 fully saturated rings. The lowest BCUT2D eigenvalue weighted by molar-refractivity contribution is 0.629. The van der Waals surface area contributed by atoms with Gasteiger partial charge in [-0.3, -0.25) is 0 Å². The molecule has 4 nitrogen and oxygen atoms in total. The molecule has 0 bridgehead atoms. The molecule has 0 spiro atoms. The van der Waals surface area contributed by atoms with Gasteiger partial charge in [0.2, 0.25) is 0 Å². The lowest BCUT2D eigenvalue weighted by Gasteiger charge is -2.03. The number of rotatable bonds is 2. The summed E-state index contributed by atoms with van der Waals surface area (Å²) >= 11 is 12.4. The van der Waals surface area contributed by atoms with E-state index in [2.05, 4.69) is 15.1 Å². The van der Waals surface area contributed by atoms with Crippen molar-refractivity contribution in [3.63, 3.8) is 0 Å². The molecule has 0 aliphatic rings. The molecule has 0 N–H and O–H groups in total. The summed E-state index contributed by atoms with van der Waals surface area (Å²) in [5.74, 6) is 0.199. The van der Waals surface area contributed by atoms with E-state index in [4.69, 9.17) is 23.2 Å². The molecule has 23 heavy (non-hydrogen) atoms. The molecule has 0 saturated heterocycles. The lowest BCUT2D eigenvalue weighted by Crippen LogP contribution is -1.94. The third-order valence-corrected chi connectivity index (χ3v) is 4.29. The Bertz CT molecular complexity index is 1020. The molecule has 114 valence electrons. The normalized spacial score (nSPS) is 11.4. The zero-order valence-electron chi connectivity index (χ0n) is 11.7. The van der Waals surface area contributed by atoms with E-state index in [0.717, 1.165) is 5.56 Å². The van der Waals surface area contributed by atoms with Gasteiger partial charge in [0.15, 0.2) is 11.5 Å². The van der Waals surface area contributed by atoms with Crippen LogP contribution in [0.3, 0.4) is 0 Å². The first-order valence-corrected chi connectivity index (χ1v) is 7.60. The van der Waals surface area contributed by atoms with Crippen LogP contribution in [0.25, 0.3) is 16.6 Å². The summed E-state index contributed by atoms with van der Waals surface area (Å²) in [5.41, 5.74) is 1.97. The molecule has 2 aromatic heterocycles. The first kappa shape index (κ1) is 14.4. The second-order valence-corrected chi connectivity index (χ2v) is 5.89. The van der Waals surface area contributed by atoms with Gasteiger partial charge >= 0.3 is 0 Å². The van der Waals surface area contributed by atoms with Crippen molar-refractivity contribution in [1.82, 2.24) is 19.6 Å². The molecule has 2 heterocycles. The van der Waals surface area contributed by atoms with E-state index in [1.165, 1.54) is 16.6 Å². The minimum Gasteiger partial charge on any atom is -0.236 e. The Morgan fingerprint density at radius 3 is 2.65 bits per heavy atom. The maximum absolute atomic E-state index is 13.5. The van der Waals surface area contributed by atoms with E-state index in [1.54, 1.807) is 30.6 Å². The summed E-state index contributed by atoms with van der Waals surface area (Å²) in [6.07, 6.45) is 1.94. The molecule has 0 unspecified atom stereocenters. The van der Waals surface area contributed by atoms with Crippen molar-refractivity contribution in [2.75, 3.05) is 0 Å². The van der Waals surface area contributed by atoms with Crippen molar-refractivity contribution in [3.8, 4) is 0 Å². The van der Waals surface area contributed by atoms with Crippen LogP contribution in [0, 0.1) is 5.82 Å². The lowest BCUT2D eigenvalue weighted by atomic mass is 10.1. The first-order valence-electron chi connectivity index (χ1n) is 6.84. The molecule has 0 radical (unpaired) electrons. The Hall–Kier alpha value is -2.24. The van der Waals surface area contributed by atoms with Gasteiger partial charge in [0.05, 0.1) is 5.52 Å². The Balaban J connectivity index is 1.86. The standard InChI is InChI=1S/C16H9Cl2FN4/c17-12-2-1-3-13(18)10(12)7-15-21-16-11-6-9(19)4-5-14(11)20-8-23(16)22-15/h1-6,8H,7H2. The van der Waals surface area contributed by atoms with Gasteiger partial charge in [-0.15, -0.1) is 5.10 Å². The molecule has 0 aliphatic heterocycles. The van der Waals surface area contributed by atoms with E-state index in [0.29, 0.717) is 38.8 Å². The number of aromatic nitrogens is 4. The number of halogens is 3. The summed E-state index contributed by atoms with van der Waals surface area (Å²) in [7, 11) is 0. The van der Waals surface area contributed by atoms with Crippen LogP contribution >= 0.6 is 23.2 Å². The Kier molecular flexibility index (Phi) is 3.39. The van der Waals surface area contributed by atoms with Crippen LogP contribution < -0.4 is 0 Å². The van der Waals surface area contributed by atoms with Crippen LogP contribution in [0.5, 0.6) is 0 Å². The van der Waals surface area contributed by atoms with E-state index in [9.17, 15) is 4.39 Å². The van der Waals surface area contributed by atoms with Crippen molar-refractivity contribution in [2.24, 2.45) is 0 Å². The molecule has 0 saturated carbocycles.